The molecule has 0 aliphatic carbocycles. The summed E-state index contributed by atoms with van der Waals surface area (Å²) in [4.78, 5) is 29.3. The van der Waals surface area contributed by atoms with E-state index in [1.165, 1.54) is 6.20 Å². The van der Waals surface area contributed by atoms with Crippen LogP contribution in [0.4, 0.5) is 0 Å². The average Bonchev–Trinajstić information content (AvgIpc) is 2.45. The second-order valence-corrected chi connectivity index (χ2v) is 5.12. The predicted molar refractivity (Wildman–Crippen MR) is 73.7 cm³/mol. The van der Waals surface area contributed by atoms with E-state index in [0.717, 1.165) is 17.6 Å². The molecule has 1 aromatic rings. The largest absolute Gasteiger partial charge is 0.343 e. The molecule has 2 heterocycles. The van der Waals surface area contributed by atoms with Crippen molar-refractivity contribution in [3.63, 3.8) is 0 Å². The third-order valence-electron chi connectivity index (χ3n) is 2.84. The lowest BCUT2D eigenvalue weighted by atomic mass is 10.2. The van der Waals surface area contributed by atoms with Crippen molar-refractivity contribution in [2.24, 2.45) is 0 Å². The molecular weight excluding hydrogens is 312 g/mol. The molecule has 0 aromatic carbocycles. The molecule has 2 N–H and O–H groups in total. The van der Waals surface area contributed by atoms with Crippen LogP contribution in [0.1, 0.15) is 10.4 Å². The van der Waals surface area contributed by atoms with E-state index in [-0.39, 0.29) is 18.4 Å². The second-order valence-electron chi connectivity index (χ2n) is 4.21. The van der Waals surface area contributed by atoms with Crippen molar-refractivity contribution in [1.82, 2.24) is 20.5 Å². The lowest BCUT2D eigenvalue weighted by molar-refractivity contribution is -0.130. The lowest BCUT2D eigenvalue weighted by Crippen LogP contribution is -2.49. The molecule has 0 spiro atoms. The molecular formula is C12H15BrN4O2. The Labute approximate surface area is 119 Å². The summed E-state index contributed by atoms with van der Waals surface area (Å²) in [5.74, 6) is -0.352. The van der Waals surface area contributed by atoms with Crippen LogP contribution >= 0.6 is 15.9 Å². The van der Waals surface area contributed by atoms with Gasteiger partial charge in [-0.3, -0.25) is 14.6 Å². The van der Waals surface area contributed by atoms with Crippen molar-refractivity contribution < 1.29 is 9.59 Å². The third kappa shape index (κ3) is 4.00. The van der Waals surface area contributed by atoms with Crippen LogP contribution in [0.5, 0.6) is 0 Å². The Kier molecular flexibility index (Phi) is 4.86. The fraction of sp³-hybridized carbons (Fsp3) is 0.417. The SMILES string of the molecule is O=C(NCC(=O)N1CCNCC1)c1cncc(Br)c1. The van der Waals surface area contributed by atoms with Crippen LogP contribution in [-0.2, 0) is 4.79 Å². The van der Waals surface area contributed by atoms with Crippen molar-refractivity contribution in [2.75, 3.05) is 32.7 Å². The molecule has 0 atom stereocenters. The molecule has 1 aliphatic heterocycles. The van der Waals surface area contributed by atoms with Gasteiger partial charge in [0.15, 0.2) is 0 Å². The first-order valence-corrected chi connectivity index (χ1v) is 6.83. The Hall–Kier alpha value is -1.47. The molecule has 102 valence electrons. The highest BCUT2D eigenvalue weighted by Gasteiger charge is 2.17. The van der Waals surface area contributed by atoms with Gasteiger partial charge in [0.1, 0.15) is 0 Å². The summed E-state index contributed by atoms with van der Waals surface area (Å²) < 4.78 is 0.730. The number of aromatic nitrogens is 1. The smallest absolute Gasteiger partial charge is 0.253 e. The first-order valence-electron chi connectivity index (χ1n) is 6.04. The van der Waals surface area contributed by atoms with Gasteiger partial charge in [-0.2, -0.15) is 0 Å². The molecule has 1 saturated heterocycles. The van der Waals surface area contributed by atoms with Gasteiger partial charge in [0, 0.05) is 43.0 Å². The van der Waals surface area contributed by atoms with Gasteiger partial charge in [-0.1, -0.05) is 0 Å². The van der Waals surface area contributed by atoms with Crippen LogP contribution in [0.3, 0.4) is 0 Å². The first-order chi connectivity index (χ1) is 9.16. The number of nitrogens with one attached hydrogen (secondary N) is 2. The lowest BCUT2D eigenvalue weighted by Gasteiger charge is -2.27. The van der Waals surface area contributed by atoms with Gasteiger partial charge in [0.2, 0.25) is 5.91 Å². The standard InChI is InChI=1S/C12H15BrN4O2/c13-10-5-9(6-15-7-10)12(19)16-8-11(18)17-3-1-14-2-4-17/h5-7,14H,1-4,8H2,(H,16,19). The molecule has 0 radical (unpaired) electrons. The number of carbonyl (C=O) groups is 2. The highest BCUT2D eigenvalue weighted by Crippen LogP contribution is 2.09. The molecule has 2 rings (SSSR count). The number of rotatable bonds is 3. The van der Waals surface area contributed by atoms with E-state index in [1.54, 1.807) is 17.2 Å². The maximum atomic E-state index is 11.9. The van der Waals surface area contributed by atoms with Crippen molar-refractivity contribution in [3.8, 4) is 0 Å². The summed E-state index contributed by atoms with van der Waals surface area (Å²) in [6.07, 6.45) is 3.07. The molecule has 19 heavy (non-hydrogen) atoms. The summed E-state index contributed by atoms with van der Waals surface area (Å²) in [5.41, 5.74) is 0.433. The van der Waals surface area contributed by atoms with Gasteiger partial charge in [-0.15, -0.1) is 0 Å². The number of hydrogen-bond acceptors (Lipinski definition) is 4. The summed E-state index contributed by atoms with van der Waals surface area (Å²) in [6, 6.07) is 1.66. The molecule has 7 heteroatoms. The van der Waals surface area contributed by atoms with E-state index in [2.05, 4.69) is 31.5 Å². The Morgan fingerprint density at radius 2 is 2.11 bits per heavy atom. The second kappa shape index (κ2) is 6.63. The van der Waals surface area contributed by atoms with Crippen molar-refractivity contribution in [1.29, 1.82) is 0 Å². The minimum atomic E-state index is -0.294. The van der Waals surface area contributed by atoms with Gasteiger partial charge in [-0.25, -0.2) is 0 Å². The fourth-order valence-corrected chi connectivity index (χ4v) is 2.18. The van der Waals surface area contributed by atoms with Crippen LogP contribution in [0, 0.1) is 0 Å². The zero-order valence-electron chi connectivity index (χ0n) is 10.4. The third-order valence-corrected chi connectivity index (χ3v) is 3.27. The Morgan fingerprint density at radius 1 is 1.37 bits per heavy atom. The fourth-order valence-electron chi connectivity index (χ4n) is 1.82. The zero-order valence-corrected chi connectivity index (χ0v) is 11.9. The maximum absolute atomic E-state index is 11.9. The van der Waals surface area contributed by atoms with Crippen LogP contribution in [0.25, 0.3) is 0 Å². The maximum Gasteiger partial charge on any atom is 0.253 e. The summed E-state index contributed by atoms with van der Waals surface area (Å²) >= 11 is 3.25. The molecule has 2 amide bonds. The topological polar surface area (TPSA) is 74.3 Å². The molecule has 0 saturated carbocycles. The minimum absolute atomic E-state index is 0.0192. The number of nitrogens with zero attached hydrogens (tertiary/aromatic N) is 2. The van der Waals surface area contributed by atoms with E-state index >= 15 is 0 Å². The van der Waals surface area contributed by atoms with Crippen LogP contribution < -0.4 is 10.6 Å². The molecule has 1 aliphatic rings. The number of carbonyl (C=O) groups excluding carboxylic acids is 2. The van der Waals surface area contributed by atoms with E-state index < -0.39 is 0 Å². The number of hydrogen-bond donors (Lipinski definition) is 2. The Morgan fingerprint density at radius 3 is 2.79 bits per heavy atom. The highest BCUT2D eigenvalue weighted by atomic mass is 79.9. The van der Waals surface area contributed by atoms with Crippen LogP contribution in [0.15, 0.2) is 22.9 Å². The normalized spacial score (nSPS) is 15.1. The number of piperazine rings is 1. The Balaban J connectivity index is 1.84. The average molecular weight is 327 g/mol. The first kappa shape index (κ1) is 14.0. The van der Waals surface area contributed by atoms with E-state index in [9.17, 15) is 9.59 Å². The summed E-state index contributed by atoms with van der Waals surface area (Å²) in [7, 11) is 0. The number of halogens is 1. The predicted octanol–water partition coefficient (Wildman–Crippen LogP) is 0.00570. The zero-order chi connectivity index (χ0) is 13.7. The molecule has 0 unspecified atom stereocenters. The van der Waals surface area contributed by atoms with Gasteiger partial charge in [-0.05, 0) is 22.0 Å². The van der Waals surface area contributed by atoms with E-state index in [4.69, 9.17) is 0 Å². The van der Waals surface area contributed by atoms with E-state index in [0.29, 0.717) is 18.7 Å². The van der Waals surface area contributed by atoms with Crippen molar-refractivity contribution in [2.45, 2.75) is 0 Å². The monoisotopic (exact) mass is 326 g/mol. The molecule has 0 bridgehead atoms. The van der Waals surface area contributed by atoms with E-state index in [1.807, 2.05) is 0 Å². The van der Waals surface area contributed by atoms with Crippen molar-refractivity contribution in [3.05, 3.63) is 28.5 Å². The van der Waals surface area contributed by atoms with Gasteiger partial charge < -0.3 is 15.5 Å². The molecule has 1 fully saturated rings. The summed E-state index contributed by atoms with van der Waals surface area (Å²) in [6.45, 7) is 3.00. The summed E-state index contributed by atoms with van der Waals surface area (Å²) in [5, 5.41) is 5.78. The van der Waals surface area contributed by atoms with Crippen LogP contribution in [-0.4, -0.2) is 54.4 Å². The van der Waals surface area contributed by atoms with Gasteiger partial charge in [0.05, 0.1) is 12.1 Å². The molecule has 1 aromatic heterocycles. The quantitative estimate of drug-likeness (QED) is 0.820. The number of pyridine rings is 1. The van der Waals surface area contributed by atoms with Crippen molar-refractivity contribution >= 4 is 27.7 Å². The molecule has 6 nitrogen and oxygen atoms in total. The van der Waals surface area contributed by atoms with Crippen LogP contribution in [0.2, 0.25) is 0 Å². The Bertz CT molecular complexity index is 475. The van der Waals surface area contributed by atoms with Gasteiger partial charge >= 0.3 is 0 Å². The number of amides is 2. The highest BCUT2D eigenvalue weighted by molar-refractivity contribution is 9.10. The minimum Gasteiger partial charge on any atom is -0.343 e. The van der Waals surface area contributed by atoms with Gasteiger partial charge in [0.25, 0.3) is 5.91 Å².